The normalized spacial score (nSPS) is 12.0. The Morgan fingerprint density at radius 1 is 0.714 bits per heavy atom. The number of benzene rings is 3. The van der Waals surface area contributed by atoms with Gasteiger partial charge in [-0.25, -0.2) is 0 Å². The highest BCUT2D eigenvalue weighted by atomic mass is 19.4. The van der Waals surface area contributed by atoms with Gasteiger partial charge in [-0.05, 0) is 53.6 Å². The predicted molar refractivity (Wildman–Crippen MR) is 105 cm³/mol. The average molecular weight is 386 g/mol. The highest BCUT2D eigenvalue weighted by Gasteiger charge is 2.35. The molecule has 3 nitrogen and oxygen atoms in total. The largest absolute Gasteiger partial charge is 0.457 e. The fraction of sp³-hybridized carbons (Fsp3) is 0.182. The first kappa shape index (κ1) is 19.6. The smallest absolute Gasteiger partial charge is 0.420 e. The monoisotopic (exact) mass is 386 g/mol. The average Bonchev–Trinajstić information content (AvgIpc) is 2.63. The highest BCUT2D eigenvalue weighted by molar-refractivity contribution is 5.51. The second kappa shape index (κ2) is 7.11. The van der Waals surface area contributed by atoms with E-state index in [-0.39, 0.29) is 16.9 Å². The van der Waals surface area contributed by atoms with Crippen LogP contribution in [0.5, 0.6) is 11.5 Å². The summed E-state index contributed by atoms with van der Waals surface area (Å²) in [4.78, 5) is 0. The van der Waals surface area contributed by atoms with Crippen molar-refractivity contribution >= 4 is 11.4 Å². The SMILES string of the molecule is CC(C)(c1ccc(N)cc1)c1ccc(Oc2ccc(N)cc2C(F)(F)F)cc1. The first-order chi connectivity index (χ1) is 13.1. The second-order valence-electron chi connectivity index (χ2n) is 7.13. The van der Waals surface area contributed by atoms with Crippen molar-refractivity contribution in [3.8, 4) is 11.5 Å². The molecule has 0 saturated carbocycles. The van der Waals surface area contributed by atoms with Crippen LogP contribution in [0.4, 0.5) is 24.5 Å². The van der Waals surface area contributed by atoms with E-state index in [9.17, 15) is 13.2 Å². The maximum absolute atomic E-state index is 13.2. The van der Waals surface area contributed by atoms with Crippen molar-refractivity contribution in [2.45, 2.75) is 25.4 Å². The van der Waals surface area contributed by atoms with E-state index in [1.54, 1.807) is 12.1 Å². The molecule has 0 heterocycles. The molecule has 0 aliphatic rings. The number of anilines is 2. The predicted octanol–water partition coefficient (Wildman–Crippen LogP) is 5.99. The van der Waals surface area contributed by atoms with Crippen molar-refractivity contribution in [3.63, 3.8) is 0 Å². The number of nitrogens with two attached hydrogens (primary N) is 2. The summed E-state index contributed by atoms with van der Waals surface area (Å²) < 4.78 is 45.2. The Balaban J connectivity index is 1.87. The van der Waals surface area contributed by atoms with Crippen LogP contribution in [0.2, 0.25) is 0 Å². The fourth-order valence-corrected chi connectivity index (χ4v) is 2.99. The summed E-state index contributed by atoms with van der Waals surface area (Å²) in [5, 5.41) is 0. The van der Waals surface area contributed by atoms with Crippen LogP contribution >= 0.6 is 0 Å². The van der Waals surface area contributed by atoms with Gasteiger partial charge in [0, 0.05) is 16.8 Å². The molecular weight excluding hydrogens is 365 g/mol. The molecule has 0 aliphatic heterocycles. The second-order valence-corrected chi connectivity index (χ2v) is 7.13. The van der Waals surface area contributed by atoms with Crippen LogP contribution in [0, 0.1) is 0 Å². The molecule has 0 atom stereocenters. The third-order valence-electron chi connectivity index (χ3n) is 4.75. The van der Waals surface area contributed by atoms with Gasteiger partial charge in [-0.3, -0.25) is 0 Å². The number of ether oxygens (including phenoxy) is 1. The Kier molecular flexibility index (Phi) is 4.98. The summed E-state index contributed by atoms with van der Waals surface area (Å²) in [7, 11) is 0. The molecule has 0 unspecified atom stereocenters. The van der Waals surface area contributed by atoms with E-state index in [2.05, 4.69) is 13.8 Å². The van der Waals surface area contributed by atoms with Gasteiger partial charge in [-0.2, -0.15) is 13.2 Å². The van der Waals surface area contributed by atoms with Crippen molar-refractivity contribution in [2.24, 2.45) is 0 Å². The lowest BCUT2D eigenvalue weighted by Gasteiger charge is -2.26. The minimum absolute atomic E-state index is 0.0280. The van der Waals surface area contributed by atoms with Crippen molar-refractivity contribution < 1.29 is 17.9 Å². The number of hydrogen-bond donors (Lipinski definition) is 2. The van der Waals surface area contributed by atoms with Crippen LogP contribution in [-0.2, 0) is 11.6 Å². The van der Waals surface area contributed by atoms with E-state index in [4.69, 9.17) is 16.2 Å². The van der Waals surface area contributed by atoms with Gasteiger partial charge in [0.1, 0.15) is 17.1 Å². The molecule has 3 aromatic rings. The number of nitrogen functional groups attached to an aromatic ring is 2. The molecule has 0 aromatic heterocycles. The minimum Gasteiger partial charge on any atom is -0.457 e. The summed E-state index contributed by atoms with van der Waals surface area (Å²) >= 11 is 0. The van der Waals surface area contributed by atoms with Gasteiger partial charge in [0.05, 0.1) is 0 Å². The zero-order chi connectivity index (χ0) is 20.5. The Bertz CT molecular complexity index is 963. The highest BCUT2D eigenvalue weighted by Crippen LogP contribution is 2.40. The van der Waals surface area contributed by atoms with Crippen LogP contribution in [0.15, 0.2) is 66.7 Å². The van der Waals surface area contributed by atoms with Gasteiger partial charge in [0.15, 0.2) is 0 Å². The lowest BCUT2D eigenvalue weighted by molar-refractivity contribution is -0.138. The van der Waals surface area contributed by atoms with Crippen molar-refractivity contribution in [3.05, 3.63) is 83.4 Å². The number of halogens is 3. The molecule has 6 heteroatoms. The number of hydrogen-bond acceptors (Lipinski definition) is 3. The van der Waals surface area contributed by atoms with Gasteiger partial charge in [-0.15, -0.1) is 0 Å². The quantitative estimate of drug-likeness (QED) is 0.542. The molecule has 3 aromatic carbocycles. The topological polar surface area (TPSA) is 61.3 Å². The van der Waals surface area contributed by atoms with Crippen LogP contribution in [0.1, 0.15) is 30.5 Å². The Morgan fingerprint density at radius 2 is 1.21 bits per heavy atom. The van der Waals surface area contributed by atoms with Crippen molar-refractivity contribution in [1.82, 2.24) is 0 Å². The zero-order valence-corrected chi connectivity index (χ0v) is 15.5. The van der Waals surface area contributed by atoms with E-state index < -0.39 is 11.7 Å². The Hall–Kier alpha value is -3.15. The van der Waals surface area contributed by atoms with E-state index in [1.165, 1.54) is 12.1 Å². The van der Waals surface area contributed by atoms with Crippen LogP contribution in [0.3, 0.4) is 0 Å². The van der Waals surface area contributed by atoms with Crippen molar-refractivity contribution in [1.29, 1.82) is 0 Å². The van der Waals surface area contributed by atoms with Gasteiger partial charge in [0.2, 0.25) is 0 Å². The molecule has 4 N–H and O–H groups in total. The molecule has 28 heavy (non-hydrogen) atoms. The van der Waals surface area contributed by atoms with Gasteiger partial charge in [-0.1, -0.05) is 38.1 Å². The molecule has 0 saturated heterocycles. The standard InChI is InChI=1S/C22H21F3N2O/c1-21(2,14-3-7-16(26)8-4-14)15-5-10-18(11-6-15)28-20-12-9-17(27)13-19(20)22(23,24)25/h3-13H,26-27H2,1-2H3. The van der Waals surface area contributed by atoms with E-state index >= 15 is 0 Å². The first-order valence-corrected chi connectivity index (χ1v) is 8.68. The van der Waals surface area contributed by atoms with Gasteiger partial charge >= 0.3 is 6.18 Å². The number of alkyl halides is 3. The maximum Gasteiger partial charge on any atom is 0.420 e. The lowest BCUT2D eigenvalue weighted by Crippen LogP contribution is -2.18. The lowest BCUT2D eigenvalue weighted by atomic mass is 9.78. The van der Waals surface area contributed by atoms with Crippen LogP contribution in [-0.4, -0.2) is 0 Å². The van der Waals surface area contributed by atoms with E-state index in [1.807, 2.05) is 36.4 Å². The third kappa shape index (κ3) is 4.06. The van der Waals surface area contributed by atoms with Crippen LogP contribution < -0.4 is 16.2 Å². The van der Waals surface area contributed by atoms with Crippen molar-refractivity contribution in [2.75, 3.05) is 11.5 Å². The van der Waals surface area contributed by atoms with E-state index in [0.717, 1.165) is 17.2 Å². The molecule has 0 aliphatic carbocycles. The molecule has 0 fully saturated rings. The molecule has 0 amide bonds. The number of rotatable bonds is 4. The molecular formula is C22H21F3N2O. The zero-order valence-electron chi connectivity index (χ0n) is 15.5. The summed E-state index contributed by atoms with van der Waals surface area (Å²) in [6.45, 7) is 4.13. The summed E-state index contributed by atoms with van der Waals surface area (Å²) in [6.07, 6.45) is -4.55. The minimum atomic E-state index is -4.55. The Morgan fingerprint density at radius 3 is 1.75 bits per heavy atom. The maximum atomic E-state index is 13.2. The van der Waals surface area contributed by atoms with Gasteiger partial charge < -0.3 is 16.2 Å². The molecule has 0 radical (unpaired) electrons. The molecule has 0 spiro atoms. The van der Waals surface area contributed by atoms with Gasteiger partial charge in [0.25, 0.3) is 0 Å². The Labute approximate surface area is 161 Å². The molecule has 3 rings (SSSR count). The third-order valence-corrected chi connectivity index (χ3v) is 4.75. The fourth-order valence-electron chi connectivity index (χ4n) is 2.99. The van der Waals surface area contributed by atoms with Crippen LogP contribution in [0.25, 0.3) is 0 Å². The summed E-state index contributed by atoms with van der Waals surface area (Å²) in [5.41, 5.74) is 12.8. The summed E-state index contributed by atoms with van der Waals surface area (Å²) in [5.74, 6) is 0.0272. The molecule has 0 bridgehead atoms. The molecule has 146 valence electrons. The first-order valence-electron chi connectivity index (χ1n) is 8.68. The summed E-state index contributed by atoms with van der Waals surface area (Å²) in [6, 6.07) is 18.1. The van der Waals surface area contributed by atoms with E-state index in [0.29, 0.717) is 11.4 Å².